The molecule has 0 saturated carbocycles. The molecule has 3 N–H and O–H groups in total. The van der Waals surface area contributed by atoms with Crippen LogP contribution in [0.2, 0.25) is 0 Å². The van der Waals surface area contributed by atoms with Crippen molar-refractivity contribution in [1.82, 2.24) is 0 Å². The third-order valence-electron chi connectivity index (χ3n) is 2.71. The summed E-state index contributed by atoms with van der Waals surface area (Å²) in [6.45, 7) is 2.53. The highest BCUT2D eigenvalue weighted by molar-refractivity contribution is 5.92. The molecule has 4 nitrogen and oxygen atoms in total. The highest BCUT2D eigenvalue weighted by Gasteiger charge is 2.16. The maximum absolute atomic E-state index is 11.7. The number of carbonyl (C=O) groups excluding carboxylic acids is 1. The lowest BCUT2D eigenvalue weighted by atomic mass is 10.1. The Bertz CT molecular complexity index is 416. The minimum absolute atomic E-state index is 0.0671. The number of aryl methyl sites for hydroxylation is 1. The van der Waals surface area contributed by atoms with Crippen LogP contribution in [0.1, 0.15) is 25.3 Å². The van der Waals surface area contributed by atoms with Gasteiger partial charge in [0.2, 0.25) is 5.91 Å². The van der Waals surface area contributed by atoms with Crippen molar-refractivity contribution in [3.8, 4) is 5.75 Å². The molecule has 1 unspecified atom stereocenters. The van der Waals surface area contributed by atoms with E-state index in [1.165, 1.54) is 0 Å². The zero-order chi connectivity index (χ0) is 12.3. The summed E-state index contributed by atoms with van der Waals surface area (Å²) < 4.78 is 5.61. The van der Waals surface area contributed by atoms with Gasteiger partial charge in [-0.1, -0.05) is 12.1 Å². The van der Waals surface area contributed by atoms with Crippen molar-refractivity contribution >= 4 is 11.6 Å². The maximum atomic E-state index is 11.7. The van der Waals surface area contributed by atoms with E-state index in [0.717, 1.165) is 29.8 Å². The summed E-state index contributed by atoms with van der Waals surface area (Å²) in [6.07, 6.45) is 2.36. The predicted molar refractivity (Wildman–Crippen MR) is 67.2 cm³/mol. The molecule has 1 aliphatic rings. The summed E-state index contributed by atoms with van der Waals surface area (Å²) in [6, 6.07) is 5.71. The Morgan fingerprint density at radius 1 is 1.59 bits per heavy atom. The van der Waals surface area contributed by atoms with E-state index in [-0.39, 0.29) is 11.9 Å². The summed E-state index contributed by atoms with van der Waals surface area (Å²) in [5.74, 6) is 0.749. The highest BCUT2D eigenvalue weighted by atomic mass is 16.5. The van der Waals surface area contributed by atoms with Gasteiger partial charge in [0.25, 0.3) is 0 Å². The van der Waals surface area contributed by atoms with E-state index in [2.05, 4.69) is 5.32 Å². The van der Waals surface area contributed by atoms with Gasteiger partial charge in [-0.15, -0.1) is 0 Å². The first kappa shape index (κ1) is 11.9. The normalized spacial score (nSPS) is 15.6. The van der Waals surface area contributed by atoms with Crippen molar-refractivity contribution in [3.05, 3.63) is 23.8 Å². The Balaban J connectivity index is 2.13. The van der Waals surface area contributed by atoms with Crippen LogP contribution in [0.4, 0.5) is 5.69 Å². The minimum atomic E-state index is -0.129. The lowest BCUT2D eigenvalue weighted by Crippen LogP contribution is -2.24. The fraction of sp³-hybridized carbons (Fsp3) is 0.462. The Hall–Kier alpha value is -1.55. The third kappa shape index (κ3) is 2.97. The topological polar surface area (TPSA) is 64.4 Å². The lowest BCUT2D eigenvalue weighted by Gasteiger charge is -2.20. The van der Waals surface area contributed by atoms with Crippen LogP contribution in [0.15, 0.2) is 18.2 Å². The second-order valence-electron chi connectivity index (χ2n) is 4.48. The summed E-state index contributed by atoms with van der Waals surface area (Å²) in [7, 11) is 0. The molecule has 1 aromatic rings. The fourth-order valence-corrected chi connectivity index (χ4v) is 1.98. The van der Waals surface area contributed by atoms with Crippen molar-refractivity contribution < 1.29 is 9.53 Å². The molecule has 1 aliphatic heterocycles. The molecule has 0 saturated heterocycles. The Morgan fingerprint density at radius 3 is 3.18 bits per heavy atom. The van der Waals surface area contributed by atoms with Crippen molar-refractivity contribution in [1.29, 1.82) is 0 Å². The van der Waals surface area contributed by atoms with Crippen LogP contribution in [0.3, 0.4) is 0 Å². The van der Waals surface area contributed by atoms with Crippen molar-refractivity contribution in [2.45, 2.75) is 32.2 Å². The molecule has 1 heterocycles. The number of ether oxygens (including phenoxy) is 1. The number of hydrogen-bond donors (Lipinski definition) is 2. The van der Waals surface area contributed by atoms with Crippen LogP contribution in [0.25, 0.3) is 0 Å². The zero-order valence-electron chi connectivity index (χ0n) is 10.0. The number of para-hydroxylation sites is 1. The smallest absolute Gasteiger partial charge is 0.226 e. The Kier molecular flexibility index (Phi) is 3.64. The van der Waals surface area contributed by atoms with Gasteiger partial charge >= 0.3 is 0 Å². The molecule has 2 rings (SSSR count). The third-order valence-corrected chi connectivity index (χ3v) is 2.71. The van der Waals surface area contributed by atoms with Crippen LogP contribution in [0, 0.1) is 0 Å². The van der Waals surface area contributed by atoms with Gasteiger partial charge in [-0.3, -0.25) is 4.79 Å². The van der Waals surface area contributed by atoms with Gasteiger partial charge in [0, 0.05) is 12.5 Å². The number of nitrogens with one attached hydrogen (secondary N) is 1. The molecule has 4 heteroatoms. The number of fused-ring (bicyclic) bond motifs is 1. The first-order valence-electron chi connectivity index (χ1n) is 5.97. The van der Waals surface area contributed by atoms with Crippen LogP contribution < -0.4 is 15.8 Å². The average molecular weight is 234 g/mol. The largest absolute Gasteiger partial charge is 0.491 e. The average Bonchev–Trinajstić information content (AvgIpc) is 2.28. The van der Waals surface area contributed by atoms with E-state index < -0.39 is 0 Å². The molecule has 1 amide bonds. The monoisotopic (exact) mass is 234 g/mol. The first-order chi connectivity index (χ1) is 8.16. The van der Waals surface area contributed by atoms with Crippen molar-refractivity contribution in [2.24, 2.45) is 5.73 Å². The highest BCUT2D eigenvalue weighted by Crippen LogP contribution is 2.32. The molecular formula is C13H18N2O2. The van der Waals surface area contributed by atoms with Crippen molar-refractivity contribution in [2.75, 3.05) is 11.9 Å². The number of benzene rings is 1. The van der Waals surface area contributed by atoms with Gasteiger partial charge in [0.1, 0.15) is 5.75 Å². The SMILES string of the molecule is CC(N)CC(=O)Nc1cccc2c1OCCC2. The number of amides is 1. The number of hydrogen-bond acceptors (Lipinski definition) is 3. The molecule has 0 aliphatic carbocycles. The number of nitrogens with two attached hydrogens (primary N) is 1. The molecule has 0 fully saturated rings. The number of anilines is 1. The molecular weight excluding hydrogens is 216 g/mol. The second kappa shape index (κ2) is 5.19. The molecule has 0 radical (unpaired) electrons. The van der Waals surface area contributed by atoms with Gasteiger partial charge in [-0.2, -0.15) is 0 Å². The van der Waals surface area contributed by atoms with E-state index in [1.54, 1.807) is 0 Å². The standard InChI is InChI=1S/C13H18N2O2/c1-9(14)8-12(16)15-11-6-2-4-10-5-3-7-17-13(10)11/h2,4,6,9H,3,5,7-8,14H2,1H3,(H,15,16). The van der Waals surface area contributed by atoms with E-state index in [4.69, 9.17) is 10.5 Å². The van der Waals surface area contributed by atoms with Gasteiger partial charge in [0.15, 0.2) is 0 Å². The lowest BCUT2D eigenvalue weighted by molar-refractivity contribution is -0.116. The quantitative estimate of drug-likeness (QED) is 0.836. The van der Waals surface area contributed by atoms with Crippen LogP contribution in [0.5, 0.6) is 5.75 Å². The Labute approximate surface area is 101 Å². The number of carbonyl (C=O) groups is 1. The van der Waals surface area contributed by atoms with E-state index >= 15 is 0 Å². The predicted octanol–water partition coefficient (Wildman–Crippen LogP) is 1.69. The van der Waals surface area contributed by atoms with Crippen molar-refractivity contribution in [3.63, 3.8) is 0 Å². The summed E-state index contributed by atoms with van der Waals surface area (Å²) in [5.41, 5.74) is 7.51. The zero-order valence-corrected chi connectivity index (χ0v) is 10.0. The molecule has 0 spiro atoms. The molecule has 0 aromatic heterocycles. The fourth-order valence-electron chi connectivity index (χ4n) is 1.98. The van der Waals surface area contributed by atoms with Gasteiger partial charge < -0.3 is 15.8 Å². The number of rotatable bonds is 3. The molecule has 1 aromatic carbocycles. The van der Waals surface area contributed by atoms with Gasteiger partial charge in [-0.25, -0.2) is 0 Å². The van der Waals surface area contributed by atoms with Gasteiger partial charge in [0.05, 0.1) is 12.3 Å². The van der Waals surface area contributed by atoms with E-state index in [0.29, 0.717) is 13.0 Å². The molecule has 1 atom stereocenters. The van der Waals surface area contributed by atoms with Crippen LogP contribution >= 0.6 is 0 Å². The maximum Gasteiger partial charge on any atom is 0.226 e. The van der Waals surface area contributed by atoms with Crippen LogP contribution in [-0.2, 0) is 11.2 Å². The first-order valence-corrected chi connectivity index (χ1v) is 5.97. The van der Waals surface area contributed by atoms with E-state index in [9.17, 15) is 4.79 Å². The summed E-state index contributed by atoms with van der Waals surface area (Å²) in [5, 5.41) is 2.86. The molecule has 17 heavy (non-hydrogen) atoms. The molecule has 92 valence electrons. The van der Waals surface area contributed by atoms with Gasteiger partial charge in [-0.05, 0) is 31.4 Å². The molecule has 0 bridgehead atoms. The Morgan fingerprint density at radius 2 is 2.41 bits per heavy atom. The van der Waals surface area contributed by atoms with E-state index in [1.807, 2.05) is 25.1 Å². The van der Waals surface area contributed by atoms with Crippen LogP contribution in [-0.4, -0.2) is 18.6 Å². The second-order valence-corrected chi connectivity index (χ2v) is 4.48. The summed E-state index contributed by atoms with van der Waals surface area (Å²) >= 11 is 0. The summed E-state index contributed by atoms with van der Waals surface area (Å²) in [4.78, 5) is 11.7. The minimum Gasteiger partial charge on any atom is -0.491 e.